The van der Waals surface area contributed by atoms with Crippen LogP contribution < -0.4 is 9.80 Å². The summed E-state index contributed by atoms with van der Waals surface area (Å²) in [7, 11) is 0. The molecule has 0 amide bonds. The fraction of sp³-hybridized carbons (Fsp3) is 0.727. The van der Waals surface area contributed by atoms with E-state index in [4.69, 9.17) is 0 Å². The minimum atomic E-state index is 1.17. The maximum Gasteiger partial charge on any atom is 0.0368 e. The van der Waals surface area contributed by atoms with E-state index in [1.807, 2.05) is 0 Å². The second kappa shape index (κ2) is 10.2. The van der Waals surface area contributed by atoms with E-state index in [9.17, 15) is 0 Å². The van der Waals surface area contributed by atoms with Crippen LogP contribution >= 0.6 is 0 Å². The molecule has 2 saturated heterocycles. The summed E-state index contributed by atoms with van der Waals surface area (Å²) >= 11 is 0. The van der Waals surface area contributed by atoms with Gasteiger partial charge >= 0.3 is 0 Å². The standard InChI is InChI=1S/C22H38N4/c1-3-5-11-23-13-17-25(18-14-23)21-7-9-22(10-8-21)26-19-15-24(16-20-26)12-6-4-2/h7-10H,3-6,11-20H2,1-2H3. The summed E-state index contributed by atoms with van der Waals surface area (Å²) in [6.45, 7) is 16.6. The van der Waals surface area contributed by atoms with Gasteiger partial charge in [0.1, 0.15) is 0 Å². The van der Waals surface area contributed by atoms with Crippen molar-refractivity contribution in [3.8, 4) is 0 Å². The molecule has 2 fully saturated rings. The molecule has 2 heterocycles. The molecule has 2 aliphatic heterocycles. The highest BCUT2D eigenvalue weighted by Gasteiger charge is 2.19. The minimum Gasteiger partial charge on any atom is -0.369 e. The fourth-order valence-electron chi connectivity index (χ4n) is 4.10. The number of unbranched alkanes of at least 4 members (excludes halogenated alkanes) is 2. The van der Waals surface area contributed by atoms with Crippen LogP contribution in [-0.4, -0.2) is 75.2 Å². The number of benzene rings is 1. The molecule has 0 N–H and O–H groups in total. The largest absolute Gasteiger partial charge is 0.369 e. The van der Waals surface area contributed by atoms with Crippen molar-refractivity contribution in [1.29, 1.82) is 0 Å². The Morgan fingerprint density at radius 2 is 0.923 bits per heavy atom. The monoisotopic (exact) mass is 358 g/mol. The van der Waals surface area contributed by atoms with Crippen molar-refractivity contribution >= 4 is 11.4 Å². The smallest absolute Gasteiger partial charge is 0.0368 e. The van der Waals surface area contributed by atoms with Crippen LogP contribution in [0.15, 0.2) is 24.3 Å². The van der Waals surface area contributed by atoms with Gasteiger partial charge in [-0.25, -0.2) is 0 Å². The van der Waals surface area contributed by atoms with E-state index >= 15 is 0 Å². The van der Waals surface area contributed by atoms with E-state index in [2.05, 4.69) is 57.7 Å². The van der Waals surface area contributed by atoms with Gasteiger partial charge in [0.2, 0.25) is 0 Å². The molecule has 4 heteroatoms. The number of anilines is 2. The molecular weight excluding hydrogens is 320 g/mol. The van der Waals surface area contributed by atoms with Gasteiger partial charge < -0.3 is 9.80 Å². The first-order valence-corrected chi connectivity index (χ1v) is 10.8. The Morgan fingerprint density at radius 3 is 1.23 bits per heavy atom. The van der Waals surface area contributed by atoms with Crippen molar-refractivity contribution in [3.63, 3.8) is 0 Å². The van der Waals surface area contributed by atoms with Gasteiger partial charge in [-0.05, 0) is 50.2 Å². The summed E-state index contributed by atoms with van der Waals surface area (Å²) in [5, 5.41) is 0. The van der Waals surface area contributed by atoms with Crippen molar-refractivity contribution in [2.45, 2.75) is 39.5 Å². The Labute approximate surface area is 160 Å². The first kappa shape index (κ1) is 19.5. The predicted octanol–water partition coefficient (Wildman–Crippen LogP) is 3.53. The molecule has 2 aliphatic rings. The molecule has 3 rings (SSSR count). The molecule has 1 aromatic carbocycles. The summed E-state index contributed by atoms with van der Waals surface area (Å²) in [5.74, 6) is 0. The molecule has 0 atom stereocenters. The summed E-state index contributed by atoms with van der Waals surface area (Å²) in [6.07, 6.45) is 5.27. The Kier molecular flexibility index (Phi) is 7.63. The second-order valence-corrected chi connectivity index (χ2v) is 7.88. The van der Waals surface area contributed by atoms with Gasteiger partial charge in [0.05, 0.1) is 0 Å². The molecular formula is C22H38N4. The average Bonchev–Trinajstić information content (AvgIpc) is 2.72. The highest BCUT2D eigenvalue weighted by atomic mass is 15.3. The topological polar surface area (TPSA) is 13.0 Å². The van der Waals surface area contributed by atoms with Crippen LogP contribution in [0.1, 0.15) is 39.5 Å². The van der Waals surface area contributed by atoms with Gasteiger partial charge in [-0.2, -0.15) is 0 Å². The zero-order chi connectivity index (χ0) is 18.2. The van der Waals surface area contributed by atoms with Crippen LogP contribution in [-0.2, 0) is 0 Å². The van der Waals surface area contributed by atoms with E-state index in [1.165, 1.54) is 103 Å². The lowest BCUT2D eigenvalue weighted by molar-refractivity contribution is 0.254. The van der Waals surface area contributed by atoms with Crippen molar-refractivity contribution in [2.75, 3.05) is 75.2 Å². The predicted molar refractivity (Wildman–Crippen MR) is 114 cm³/mol. The molecule has 0 aliphatic carbocycles. The van der Waals surface area contributed by atoms with Crippen LogP contribution in [0.3, 0.4) is 0 Å². The second-order valence-electron chi connectivity index (χ2n) is 7.88. The Hall–Kier alpha value is -1.26. The van der Waals surface area contributed by atoms with Gasteiger partial charge in [0.15, 0.2) is 0 Å². The molecule has 0 bridgehead atoms. The maximum absolute atomic E-state index is 2.62. The van der Waals surface area contributed by atoms with Crippen molar-refractivity contribution < 1.29 is 0 Å². The van der Waals surface area contributed by atoms with Crippen LogP contribution in [0, 0.1) is 0 Å². The summed E-state index contributed by atoms with van der Waals surface area (Å²) in [5.41, 5.74) is 2.79. The third-order valence-corrected chi connectivity index (χ3v) is 5.98. The third-order valence-electron chi connectivity index (χ3n) is 5.98. The summed E-state index contributed by atoms with van der Waals surface area (Å²) in [4.78, 5) is 10.3. The molecule has 1 aromatic rings. The molecule has 4 nitrogen and oxygen atoms in total. The third kappa shape index (κ3) is 5.37. The lowest BCUT2D eigenvalue weighted by Gasteiger charge is -2.37. The van der Waals surface area contributed by atoms with Crippen molar-refractivity contribution in [2.24, 2.45) is 0 Å². The molecule has 26 heavy (non-hydrogen) atoms. The number of hydrogen-bond acceptors (Lipinski definition) is 4. The van der Waals surface area contributed by atoms with Crippen LogP contribution in [0.5, 0.6) is 0 Å². The first-order valence-electron chi connectivity index (χ1n) is 10.8. The van der Waals surface area contributed by atoms with Crippen LogP contribution in [0.25, 0.3) is 0 Å². The molecule has 0 spiro atoms. The van der Waals surface area contributed by atoms with Crippen LogP contribution in [0.4, 0.5) is 11.4 Å². The Balaban J connectivity index is 1.46. The zero-order valence-corrected chi connectivity index (χ0v) is 17.0. The van der Waals surface area contributed by atoms with E-state index in [-0.39, 0.29) is 0 Å². The van der Waals surface area contributed by atoms with E-state index < -0.39 is 0 Å². The Bertz CT molecular complexity index is 452. The molecule has 0 saturated carbocycles. The molecule has 0 aromatic heterocycles. The summed E-state index contributed by atoms with van der Waals surface area (Å²) < 4.78 is 0. The van der Waals surface area contributed by atoms with Gasteiger partial charge in [0, 0.05) is 63.7 Å². The maximum atomic E-state index is 2.62. The van der Waals surface area contributed by atoms with Gasteiger partial charge in [-0.15, -0.1) is 0 Å². The van der Waals surface area contributed by atoms with E-state index in [0.717, 1.165) is 0 Å². The quantitative estimate of drug-likeness (QED) is 0.705. The van der Waals surface area contributed by atoms with Gasteiger partial charge in [0.25, 0.3) is 0 Å². The SMILES string of the molecule is CCCCN1CCN(c2ccc(N3CCN(CCCC)CC3)cc2)CC1. The number of rotatable bonds is 8. The molecule has 0 radical (unpaired) electrons. The highest BCUT2D eigenvalue weighted by Crippen LogP contribution is 2.23. The normalized spacial score (nSPS) is 19.9. The molecule has 146 valence electrons. The van der Waals surface area contributed by atoms with Gasteiger partial charge in [-0.1, -0.05) is 26.7 Å². The van der Waals surface area contributed by atoms with Crippen LogP contribution in [0.2, 0.25) is 0 Å². The lowest BCUT2D eigenvalue weighted by Crippen LogP contribution is -2.47. The minimum absolute atomic E-state index is 1.17. The zero-order valence-electron chi connectivity index (χ0n) is 17.0. The van der Waals surface area contributed by atoms with Crippen molar-refractivity contribution in [1.82, 2.24) is 9.80 Å². The number of piperazine rings is 2. The summed E-state index contributed by atoms with van der Waals surface area (Å²) in [6, 6.07) is 9.34. The first-order chi connectivity index (χ1) is 12.8. The van der Waals surface area contributed by atoms with E-state index in [1.54, 1.807) is 0 Å². The Morgan fingerprint density at radius 1 is 0.577 bits per heavy atom. The fourth-order valence-corrected chi connectivity index (χ4v) is 4.10. The number of hydrogen-bond donors (Lipinski definition) is 0. The lowest BCUT2D eigenvalue weighted by atomic mass is 10.2. The highest BCUT2D eigenvalue weighted by molar-refractivity contribution is 5.56. The van der Waals surface area contributed by atoms with Crippen molar-refractivity contribution in [3.05, 3.63) is 24.3 Å². The number of nitrogens with zero attached hydrogens (tertiary/aromatic N) is 4. The van der Waals surface area contributed by atoms with E-state index in [0.29, 0.717) is 0 Å². The van der Waals surface area contributed by atoms with Gasteiger partial charge in [-0.3, -0.25) is 9.80 Å². The molecule has 0 unspecified atom stereocenters. The average molecular weight is 359 g/mol.